The Morgan fingerprint density at radius 3 is 2.24 bits per heavy atom. The van der Waals surface area contributed by atoms with E-state index in [1.807, 2.05) is 56.9 Å². The zero-order valence-electron chi connectivity index (χ0n) is 18.2. The molecular formula is C22H35N3O4. The Labute approximate surface area is 174 Å². The average Bonchev–Trinajstić information content (AvgIpc) is 2.65. The number of piperazine rings is 1. The van der Waals surface area contributed by atoms with Crippen LogP contribution in [0.25, 0.3) is 0 Å². The minimum atomic E-state index is -0.222. The van der Waals surface area contributed by atoms with Crippen molar-refractivity contribution in [2.45, 2.75) is 46.1 Å². The monoisotopic (exact) mass is 405 g/mol. The highest BCUT2D eigenvalue weighted by molar-refractivity contribution is 5.79. The fraction of sp³-hybridized carbons (Fsp3) is 0.636. The number of para-hydroxylation sites is 2. The summed E-state index contributed by atoms with van der Waals surface area (Å²) in [5.41, 5.74) is -0.222. The van der Waals surface area contributed by atoms with Gasteiger partial charge in [0, 0.05) is 38.1 Å². The van der Waals surface area contributed by atoms with Crippen LogP contribution in [-0.4, -0.2) is 73.1 Å². The van der Waals surface area contributed by atoms with E-state index in [0.29, 0.717) is 51.4 Å². The molecule has 2 amide bonds. The van der Waals surface area contributed by atoms with Gasteiger partial charge in [-0.3, -0.25) is 14.5 Å². The second-order valence-corrected chi connectivity index (χ2v) is 8.29. The van der Waals surface area contributed by atoms with Crippen molar-refractivity contribution in [3.8, 4) is 11.5 Å². The van der Waals surface area contributed by atoms with Gasteiger partial charge in [-0.2, -0.15) is 0 Å². The van der Waals surface area contributed by atoms with Gasteiger partial charge < -0.3 is 19.7 Å². The fourth-order valence-corrected chi connectivity index (χ4v) is 3.22. The Hall–Kier alpha value is -2.28. The van der Waals surface area contributed by atoms with Crippen LogP contribution >= 0.6 is 0 Å². The summed E-state index contributed by atoms with van der Waals surface area (Å²) in [6.07, 6.45) is 1.12. The summed E-state index contributed by atoms with van der Waals surface area (Å²) < 4.78 is 11.3. The molecule has 0 aliphatic carbocycles. The van der Waals surface area contributed by atoms with Crippen LogP contribution in [0, 0.1) is 0 Å². The van der Waals surface area contributed by atoms with Crippen molar-refractivity contribution in [1.29, 1.82) is 0 Å². The normalized spacial score (nSPS) is 15.1. The molecule has 1 aliphatic heterocycles. The fourth-order valence-electron chi connectivity index (χ4n) is 3.22. The van der Waals surface area contributed by atoms with Crippen LogP contribution in [0.3, 0.4) is 0 Å². The number of rotatable bonds is 9. The lowest BCUT2D eigenvalue weighted by atomic mass is 10.1. The van der Waals surface area contributed by atoms with Crippen molar-refractivity contribution < 1.29 is 19.1 Å². The van der Waals surface area contributed by atoms with E-state index in [1.165, 1.54) is 0 Å². The van der Waals surface area contributed by atoms with Crippen LogP contribution < -0.4 is 14.8 Å². The minimum absolute atomic E-state index is 0.0294. The van der Waals surface area contributed by atoms with Gasteiger partial charge in [0.05, 0.1) is 19.8 Å². The molecule has 1 fully saturated rings. The summed E-state index contributed by atoms with van der Waals surface area (Å²) >= 11 is 0. The predicted molar refractivity (Wildman–Crippen MR) is 113 cm³/mol. The third-order valence-corrected chi connectivity index (χ3v) is 4.55. The van der Waals surface area contributed by atoms with Crippen molar-refractivity contribution in [2.75, 3.05) is 45.9 Å². The first kappa shape index (κ1) is 23.0. The zero-order chi connectivity index (χ0) is 21.3. The molecule has 0 atom stereocenters. The van der Waals surface area contributed by atoms with Gasteiger partial charge >= 0.3 is 0 Å². The van der Waals surface area contributed by atoms with Crippen LogP contribution in [0.2, 0.25) is 0 Å². The van der Waals surface area contributed by atoms with Gasteiger partial charge in [0.2, 0.25) is 11.8 Å². The Kier molecular flexibility index (Phi) is 8.76. The molecule has 1 heterocycles. The molecule has 1 aromatic carbocycles. The molecule has 29 heavy (non-hydrogen) atoms. The van der Waals surface area contributed by atoms with Crippen LogP contribution in [-0.2, 0) is 9.59 Å². The molecule has 162 valence electrons. The van der Waals surface area contributed by atoms with Gasteiger partial charge in [0.1, 0.15) is 0 Å². The molecule has 7 nitrogen and oxygen atoms in total. The van der Waals surface area contributed by atoms with Gasteiger partial charge in [-0.15, -0.1) is 0 Å². The molecule has 0 aromatic heterocycles. The number of nitrogens with one attached hydrogen (secondary N) is 1. The highest BCUT2D eigenvalue weighted by Crippen LogP contribution is 2.26. The number of ether oxygens (including phenoxy) is 2. The van der Waals surface area contributed by atoms with Crippen LogP contribution in [0.5, 0.6) is 11.5 Å². The number of benzene rings is 1. The summed E-state index contributed by atoms with van der Waals surface area (Å²) in [6, 6.07) is 7.57. The molecule has 0 spiro atoms. The summed E-state index contributed by atoms with van der Waals surface area (Å²) in [6.45, 7) is 12.1. The second-order valence-electron chi connectivity index (χ2n) is 8.29. The van der Waals surface area contributed by atoms with Crippen molar-refractivity contribution in [2.24, 2.45) is 0 Å². The topological polar surface area (TPSA) is 71.1 Å². The van der Waals surface area contributed by atoms with Gasteiger partial charge in [0.25, 0.3) is 0 Å². The van der Waals surface area contributed by atoms with E-state index >= 15 is 0 Å². The first-order valence-corrected chi connectivity index (χ1v) is 10.4. The zero-order valence-corrected chi connectivity index (χ0v) is 18.2. The summed E-state index contributed by atoms with van der Waals surface area (Å²) in [4.78, 5) is 28.5. The molecular weight excluding hydrogens is 370 g/mol. The number of hydrogen-bond acceptors (Lipinski definition) is 5. The van der Waals surface area contributed by atoms with E-state index in [2.05, 4.69) is 10.2 Å². The third kappa shape index (κ3) is 8.31. The van der Waals surface area contributed by atoms with E-state index < -0.39 is 0 Å². The lowest BCUT2D eigenvalue weighted by Crippen LogP contribution is -2.52. The average molecular weight is 406 g/mol. The quantitative estimate of drug-likeness (QED) is 0.639. The van der Waals surface area contributed by atoms with Gasteiger partial charge in [0.15, 0.2) is 11.5 Å². The highest BCUT2D eigenvalue weighted by atomic mass is 16.5. The van der Waals surface area contributed by atoms with E-state index in [9.17, 15) is 9.59 Å². The van der Waals surface area contributed by atoms with E-state index in [1.54, 1.807) is 0 Å². The molecule has 0 radical (unpaired) electrons. The Balaban J connectivity index is 1.65. The molecule has 1 N–H and O–H groups in total. The van der Waals surface area contributed by atoms with E-state index in [-0.39, 0.29) is 17.4 Å². The smallest absolute Gasteiger partial charge is 0.234 e. The van der Waals surface area contributed by atoms with Crippen LogP contribution in [0.4, 0.5) is 0 Å². The molecule has 1 saturated heterocycles. The van der Waals surface area contributed by atoms with E-state index in [0.717, 1.165) is 18.8 Å². The lowest BCUT2D eigenvalue weighted by Gasteiger charge is -2.35. The molecule has 1 aromatic rings. The van der Waals surface area contributed by atoms with Crippen molar-refractivity contribution in [3.05, 3.63) is 24.3 Å². The van der Waals surface area contributed by atoms with Crippen LogP contribution in [0.15, 0.2) is 24.3 Å². The number of hydrogen-bond donors (Lipinski definition) is 1. The second kappa shape index (κ2) is 11.0. The third-order valence-electron chi connectivity index (χ3n) is 4.55. The lowest BCUT2D eigenvalue weighted by molar-refractivity contribution is -0.133. The number of amides is 2. The minimum Gasteiger partial charge on any atom is -0.490 e. The molecule has 7 heteroatoms. The molecule has 0 bridgehead atoms. The van der Waals surface area contributed by atoms with Gasteiger partial charge in [-0.1, -0.05) is 12.1 Å². The Bertz CT molecular complexity index is 664. The summed E-state index contributed by atoms with van der Waals surface area (Å²) in [5.74, 6) is 1.61. The number of nitrogens with zero attached hydrogens (tertiary/aromatic N) is 2. The van der Waals surface area contributed by atoms with Crippen LogP contribution in [0.1, 0.15) is 40.5 Å². The first-order chi connectivity index (χ1) is 13.8. The van der Waals surface area contributed by atoms with Crippen molar-refractivity contribution in [3.63, 3.8) is 0 Å². The highest BCUT2D eigenvalue weighted by Gasteiger charge is 2.23. The van der Waals surface area contributed by atoms with Crippen molar-refractivity contribution >= 4 is 11.8 Å². The molecule has 2 rings (SSSR count). The standard InChI is InChI=1S/C22H35N3O4/c1-5-28-18-9-6-7-10-19(18)29-16-8-11-21(27)25-14-12-24(13-15-25)17-20(26)23-22(2,3)4/h6-7,9-10H,5,8,11-17H2,1-4H3,(H,23,26). The summed E-state index contributed by atoms with van der Waals surface area (Å²) in [5, 5.41) is 2.98. The molecule has 0 unspecified atom stereocenters. The largest absolute Gasteiger partial charge is 0.490 e. The Morgan fingerprint density at radius 1 is 1.03 bits per heavy atom. The first-order valence-electron chi connectivity index (χ1n) is 10.4. The number of carbonyl (C=O) groups excluding carboxylic acids is 2. The van der Waals surface area contributed by atoms with Crippen molar-refractivity contribution in [1.82, 2.24) is 15.1 Å². The predicted octanol–water partition coefficient (Wildman–Crippen LogP) is 2.30. The summed E-state index contributed by atoms with van der Waals surface area (Å²) in [7, 11) is 0. The van der Waals surface area contributed by atoms with E-state index in [4.69, 9.17) is 9.47 Å². The maximum atomic E-state index is 12.4. The van der Waals surface area contributed by atoms with Gasteiger partial charge in [-0.05, 0) is 46.2 Å². The maximum Gasteiger partial charge on any atom is 0.234 e. The molecule has 1 aliphatic rings. The number of carbonyl (C=O) groups is 2. The SMILES string of the molecule is CCOc1ccccc1OCCCC(=O)N1CCN(CC(=O)NC(C)(C)C)CC1. The Morgan fingerprint density at radius 2 is 1.66 bits per heavy atom. The van der Waals surface area contributed by atoms with Gasteiger partial charge in [-0.25, -0.2) is 0 Å². The maximum absolute atomic E-state index is 12.4. The molecule has 0 saturated carbocycles.